The van der Waals surface area contributed by atoms with Crippen LogP contribution in [0.3, 0.4) is 0 Å². The fourth-order valence-electron chi connectivity index (χ4n) is 0.112. The molecule has 0 fully saturated rings. The summed E-state index contributed by atoms with van der Waals surface area (Å²) in [5.41, 5.74) is 0. The Kier molecular flexibility index (Phi) is 4.25. The second-order valence-corrected chi connectivity index (χ2v) is 2.10. The summed E-state index contributed by atoms with van der Waals surface area (Å²) in [6.07, 6.45) is 0. The van der Waals surface area contributed by atoms with Gasteiger partial charge in [0.1, 0.15) is 11.4 Å². The fourth-order valence-corrected chi connectivity index (χ4v) is 0.258. The van der Waals surface area contributed by atoms with Gasteiger partial charge in [-0.3, -0.25) is 4.79 Å². The van der Waals surface area contributed by atoms with Crippen molar-refractivity contribution >= 4 is 29.7 Å². The first-order chi connectivity index (χ1) is 3.27. The zero-order chi connectivity index (χ0) is 5.70. The SMILES string of the molecule is O=COCC(Cl)Cl. The molecule has 0 aromatic carbocycles. The number of rotatable bonds is 3. The second kappa shape index (κ2) is 4.22. The van der Waals surface area contributed by atoms with Gasteiger partial charge in [-0.2, -0.15) is 0 Å². The molecule has 0 bridgehead atoms. The number of carbonyl (C=O) groups is 1. The largest absolute Gasteiger partial charge is 0.465 e. The van der Waals surface area contributed by atoms with Gasteiger partial charge in [0.2, 0.25) is 0 Å². The van der Waals surface area contributed by atoms with Gasteiger partial charge < -0.3 is 4.74 Å². The van der Waals surface area contributed by atoms with Crippen molar-refractivity contribution in [2.75, 3.05) is 6.61 Å². The molecule has 0 amide bonds. The monoisotopic (exact) mass is 142 g/mol. The molecule has 0 aromatic rings. The number of halogens is 2. The Morgan fingerprint density at radius 2 is 2.29 bits per heavy atom. The van der Waals surface area contributed by atoms with E-state index in [0.29, 0.717) is 6.47 Å². The Balaban J connectivity index is 2.81. The summed E-state index contributed by atoms with van der Waals surface area (Å²) in [4.78, 5) is 8.76. The van der Waals surface area contributed by atoms with Crippen LogP contribution in [0.2, 0.25) is 0 Å². The van der Waals surface area contributed by atoms with Crippen molar-refractivity contribution in [3.05, 3.63) is 0 Å². The summed E-state index contributed by atoms with van der Waals surface area (Å²) in [7, 11) is 0. The van der Waals surface area contributed by atoms with Gasteiger partial charge in [-0.1, -0.05) is 0 Å². The first-order valence-corrected chi connectivity index (χ1v) is 2.48. The smallest absolute Gasteiger partial charge is 0.293 e. The summed E-state index contributed by atoms with van der Waals surface area (Å²) in [5.74, 6) is 0. The maximum absolute atomic E-state index is 9.37. The molecule has 2 nitrogen and oxygen atoms in total. The van der Waals surface area contributed by atoms with E-state index in [2.05, 4.69) is 4.74 Å². The highest BCUT2D eigenvalue weighted by Gasteiger charge is 1.94. The van der Waals surface area contributed by atoms with Gasteiger partial charge in [-0.15, -0.1) is 23.2 Å². The molecule has 0 radical (unpaired) electrons. The fraction of sp³-hybridized carbons (Fsp3) is 0.667. The Morgan fingerprint density at radius 3 is 2.43 bits per heavy atom. The lowest BCUT2D eigenvalue weighted by Crippen LogP contribution is -1.99. The third-order valence-corrected chi connectivity index (χ3v) is 0.542. The first-order valence-electron chi connectivity index (χ1n) is 1.60. The summed E-state index contributed by atoms with van der Waals surface area (Å²) in [5, 5.41) is 0. The van der Waals surface area contributed by atoms with Crippen LogP contribution in [-0.4, -0.2) is 17.9 Å². The zero-order valence-electron chi connectivity index (χ0n) is 3.43. The van der Waals surface area contributed by atoms with Crippen LogP contribution in [0.5, 0.6) is 0 Å². The molecule has 0 unspecified atom stereocenters. The molecular weight excluding hydrogens is 139 g/mol. The van der Waals surface area contributed by atoms with Gasteiger partial charge in [0.15, 0.2) is 0 Å². The highest BCUT2D eigenvalue weighted by molar-refractivity contribution is 6.44. The molecule has 4 heteroatoms. The van der Waals surface area contributed by atoms with Crippen LogP contribution >= 0.6 is 23.2 Å². The molecule has 7 heavy (non-hydrogen) atoms. The van der Waals surface area contributed by atoms with Crippen LogP contribution in [0, 0.1) is 0 Å². The van der Waals surface area contributed by atoms with Crippen LogP contribution in [0.15, 0.2) is 0 Å². The lowest BCUT2D eigenvalue weighted by molar-refractivity contribution is -0.128. The average molecular weight is 143 g/mol. The highest BCUT2D eigenvalue weighted by atomic mass is 35.5. The molecule has 42 valence electrons. The third kappa shape index (κ3) is 6.05. The maximum atomic E-state index is 9.37. The van der Waals surface area contributed by atoms with E-state index in [1.54, 1.807) is 0 Å². The lowest BCUT2D eigenvalue weighted by Gasteiger charge is -1.94. The highest BCUT2D eigenvalue weighted by Crippen LogP contribution is 1.99. The zero-order valence-corrected chi connectivity index (χ0v) is 4.95. The minimum Gasteiger partial charge on any atom is -0.465 e. The number of alkyl halides is 2. The molecule has 0 aromatic heterocycles. The number of hydrogen-bond acceptors (Lipinski definition) is 2. The summed E-state index contributed by atoms with van der Waals surface area (Å²) >= 11 is 10.3. The Hall–Kier alpha value is 0.0500. The summed E-state index contributed by atoms with van der Waals surface area (Å²) < 4.78 is 4.15. The molecule has 0 saturated heterocycles. The Morgan fingerprint density at radius 1 is 1.71 bits per heavy atom. The minimum atomic E-state index is -0.606. The predicted molar refractivity (Wildman–Crippen MR) is 27.5 cm³/mol. The van der Waals surface area contributed by atoms with Crippen LogP contribution in [0.1, 0.15) is 0 Å². The lowest BCUT2D eigenvalue weighted by atomic mass is 10.8. The topological polar surface area (TPSA) is 26.3 Å². The first kappa shape index (κ1) is 7.05. The average Bonchev–Trinajstić information content (AvgIpc) is 1.61. The van der Waals surface area contributed by atoms with Crippen molar-refractivity contribution in [1.82, 2.24) is 0 Å². The van der Waals surface area contributed by atoms with Gasteiger partial charge >= 0.3 is 0 Å². The molecule has 0 aliphatic carbocycles. The number of ether oxygens (including phenoxy) is 1. The van der Waals surface area contributed by atoms with E-state index in [0.717, 1.165) is 0 Å². The van der Waals surface area contributed by atoms with Crippen LogP contribution in [0.4, 0.5) is 0 Å². The van der Waals surface area contributed by atoms with Crippen molar-refractivity contribution in [2.24, 2.45) is 0 Å². The van der Waals surface area contributed by atoms with Crippen molar-refractivity contribution in [3.8, 4) is 0 Å². The number of carbonyl (C=O) groups excluding carboxylic acids is 1. The standard InChI is InChI=1S/C3H4Cl2O2/c4-3(5)1-7-2-6/h2-3H,1H2. The molecule has 0 aliphatic rings. The van der Waals surface area contributed by atoms with Gasteiger partial charge in [-0.25, -0.2) is 0 Å². The molecule has 0 N–H and O–H groups in total. The van der Waals surface area contributed by atoms with E-state index >= 15 is 0 Å². The van der Waals surface area contributed by atoms with E-state index in [9.17, 15) is 4.79 Å². The molecule has 0 heterocycles. The van der Waals surface area contributed by atoms with E-state index < -0.39 is 4.84 Å². The third-order valence-electron chi connectivity index (χ3n) is 0.290. The van der Waals surface area contributed by atoms with Crippen molar-refractivity contribution in [1.29, 1.82) is 0 Å². The normalized spacial score (nSPS) is 9.00. The van der Waals surface area contributed by atoms with E-state index in [1.165, 1.54) is 0 Å². The van der Waals surface area contributed by atoms with E-state index in [4.69, 9.17) is 23.2 Å². The van der Waals surface area contributed by atoms with E-state index in [-0.39, 0.29) is 6.61 Å². The molecular formula is C3H4Cl2O2. The Bertz CT molecular complexity index is 54.9. The van der Waals surface area contributed by atoms with Crippen LogP contribution < -0.4 is 0 Å². The quantitative estimate of drug-likeness (QED) is 0.434. The van der Waals surface area contributed by atoms with Gasteiger partial charge in [-0.05, 0) is 0 Å². The number of hydrogen-bond donors (Lipinski definition) is 0. The molecule has 0 spiro atoms. The Labute approximate surface area is 51.4 Å². The van der Waals surface area contributed by atoms with Crippen molar-refractivity contribution in [3.63, 3.8) is 0 Å². The second-order valence-electron chi connectivity index (χ2n) is 0.821. The van der Waals surface area contributed by atoms with Gasteiger partial charge in [0.25, 0.3) is 6.47 Å². The van der Waals surface area contributed by atoms with Crippen LogP contribution in [0.25, 0.3) is 0 Å². The molecule has 0 aliphatic heterocycles. The summed E-state index contributed by atoms with van der Waals surface area (Å²) in [6.45, 7) is 0.365. The minimum absolute atomic E-state index is 0.0621. The van der Waals surface area contributed by atoms with Crippen molar-refractivity contribution in [2.45, 2.75) is 4.84 Å². The molecule has 0 atom stereocenters. The summed E-state index contributed by atoms with van der Waals surface area (Å²) in [6, 6.07) is 0. The predicted octanol–water partition coefficient (Wildman–Crippen LogP) is 0.963. The molecule has 0 rings (SSSR count). The van der Waals surface area contributed by atoms with Crippen LogP contribution in [-0.2, 0) is 9.53 Å². The van der Waals surface area contributed by atoms with Gasteiger partial charge in [0.05, 0.1) is 0 Å². The van der Waals surface area contributed by atoms with Gasteiger partial charge in [0, 0.05) is 0 Å². The van der Waals surface area contributed by atoms with Crippen molar-refractivity contribution < 1.29 is 9.53 Å². The molecule has 0 saturated carbocycles. The maximum Gasteiger partial charge on any atom is 0.293 e. The van der Waals surface area contributed by atoms with E-state index in [1.807, 2.05) is 0 Å².